The molecule has 0 aromatic heterocycles. The molecule has 0 aromatic carbocycles. The van der Waals surface area contributed by atoms with Gasteiger partial charge in [-0.3, -0.25) is 4.79 Å². The molecule has 1 heterocycles. The van der Waals surface area contributed by atoms with Crippen LogP contribution >= 0.6 is 0 Å². The van der Waals surface area contributed by atoms with E-state index in [4.69, 9.17) is 5.11 Å². The van der Waals surface area contributed by atoms with Crippen LogP contribution in [0.15, 0.2) is 0 Å². The highest BCUT2D eigenvalue weighted by molar-refractivity contribution is 5.85. The van der Waals surface area contributed by atoms with E-state index in [0.717, 1.165) is 0 Å². The van der Waals surface area contributed by atoms with Crippen molar-refractivity contribution < 1.29 is 14.7 Å². The number of carboxylic acids is 1. The van der Waals surface area contributed by atoms with E-state index in [9.17, 15) is 9.59 Å². The summed E-state index contributed by atoms with van der Waals surface area (Å²) in [5.74, 6) is -1.29. The summed E-state index contributed by atoms with van der Waals surface area (Å²) in [6, 6.07) is -0.775. The Hall–Kier alpha value is -1.10. The maximum atomic E-state index is 11.4. The molecule has 80 valence electrons. The second kappa shape index (κ2) is 4.41. The Morgan fingerprint density at radius 3 is 2.29 bits per heavy atom. The largest absolute Gasteiger partial charge is 0.480 e. The Morgan fingerprint density at radius 2 is 2.00 bits per heavy atom. The Morgan fingerprint density at radius 1 is 1.43 bits per heavy atom. The van der Waals surface area contributed by atoms with Crippen molar-refractivity contribution in [3.8, 4) is 0 Å². The van der Waals surface area contributed by atoms with Crippen molar-refractivity contribution in [1.82, 2.24) is 10.6 Å². The number of rotatable bonds is 4. The monoisotopic (exact) mass is 200 g/mol. The van der Waals surface area contributed by atoms with Crippen molar-refractivity contribution in [3.63, 3.8) is 0 Å². The standard InChI is InChI=1S/C9H16N2O3/c1-5(2)7(9(13)14)11-8(12)6-3-10-4-6/h5-7,10H,3-4H2,1-2H3,(H,11,12)(H,13,14)/t7-/m1/s1. The van der Waals surface area contributed by atoms with E-state index in [1.165, 1.54) is 0 Å². The zero-order chi connectivity index (χ0) is 10.7. The summed E-state index contributed by atoms with van der Waals surface area (Å²) in [7, 11) is 0. The number of carbonyl (C=O) groups is 2. The highest BCUT2D eigenvalue weighted by Crippen LogP contribution is 2.06. The fraction of sp³-hybridized carbons (Fsp3) is 0.778. The van der Waals surface area contributed by atoms with Gasteiger partial charge in [-0.1, -0.05) is 13.8 Å². The smallest absolute Gasteiger partial charge is 0.326 e. The molecule has 0 aliphatic carbocycles. The molecule has 0 bridgehead atoms. The zero-order valence-corrected chi connectivity index (χ0v) is 8.41. The Balaban J connectivity index is 2.46. The molecule has 1 amide bonds. The summed E-state index contributed by atoms with van der Waals surface area (Å²) in [6.45, 7) is 4.85. The van der Waals surface area contributed by atoms with Gasteiger partial charge in [0.2, 0.25) is 5.91 Å². The average molecular weight is 200 g/mol. The highest BCUT2D eigenvalue weighted by atomic mass is 16.4. The maximum Gasteiger partial charge on any atom is 0.326 e. The lowest BCUT2D eigenvalue weighted by molar-refractivity contribution is -0.144. The van der Waals surface area contributed by atoms with Gasteiger partial charge in [0.05, 0.1) is 5.92 Å². The molecule has 5 nitrogen and oxygen atoms in total. The van der Waals surface area contributed by atoms with Crippen LogP contribution in [0.2, 0.25) is 0 Å². The van der Waals surface area contributed by atoms with Crippen molar-refractivity contribution in [2.75, 3.05) is 13.1 Å². The molecule has 14 heavy (non-hydrogen) atoms. The number of amides is 1. The number of nitrogens with one attached hydrogen (secondary N) is 2. The molecule has 0 unspecified atom stereocenters. The molecule has 1 aliphatic heterocycles. The minimum absolute atomic E-state index is 0.0596. The van der Waals surface area contributed by atoms with E-state index in [-0.39, 0.29) is 17.7 Å². The molecule has 0 aromatic rings. The predicted molar refractivity (Wildman–Crippen MR) is 50.8 cm³/mol. The van der Waals surface area contributed by atoms with Crippen molar-refractivity contribution >= 4 is 11.9 Å². The van der Waals surface area contributed by atoms with Gasteiger partial charge in [0.1, 0.15) is 6.04 Å². The van der Waals surface area contributed by atoms with Crippen LogP contribution < -0.4 is 10.6 Å². The van der Waals surface area contributed by atoms with E-state index in [2.05, 4.69) is 10.6 Å². The van der Waals surface area contributed by atoms with Crippen molar-refractivity contribution in [2.45, 2.75) is 19.9 Å². The second-order valence-corrected chi connectivity index (χ2v) is 3.92. The quantitative estimate of drug-likeness (QED) is 0.568. The topological polar surface area (TPSA) is 78.4 Å². The lowest BCUT2D eigenvalue weighted by atomic mass is 9.99. The first kappa shape index (κ1) is 11.0. The molecule has 1 fully saturated rings. The molecule has 5 heteroatoms. The van der Waals surface area contributed by atoms with Crippen LogP contribution in [0.1, 0.15) is 13.8 Å². The first-order valence-corrected chi connectivity index (χ1v) is 4.76. The van der Waals surface area contributed by atoms with Gasteiger partial charge >= 0.3 is 5.97 Å². The molecule has 0 saturated carbocycles. The summed E-state index contributed by atoms with van der Waals surface area (Å²) in [5, 5.41) is 14.3. The Bertz CT molecular complexity index is 236. The summed E-state index contributed by atoms with van der Waals surface area (Å²) < 4.78 is 0. The van der Waals surface area contributed by atoms with E-state index in [1.54, 1.807) is 13.8 Å². The normalized spacial score (nSPS) is 18.8. The van der Waals surface area contributed by atoms with Crippen molar-refractivity contribution in [3.05, 3.63) is 0 Å². The molecule has 0 radical (unpaired) electrons. The predicted octanol–water partition coefficient (Wildman–Crippen LogP) is -0.569. The number of carbonyl (C=O) groups excluding carboxylic acids is 1. The fourth-order valence-corrected chi connectivity index (χ4v) is 1.26. The first-order valence-electron chi connectivity index (χ1n) is 4.76. The molecular weight excluding hydrogens is 184 g/mol. The van der Waals surface area contributed by atoms with Crippen LogP contribution in [0.25, 0.3) is 0 Å². The van der Waals surface area contributed by atoms with Gasteiger partial charge in [-0.25, -0.2) is 4.79 Å². The van der Waals surface area contributed by atoms with Crippen LogP contribution in [0, 0.1) is 11.8 Å². The molecule has 1 saturated heterocycles. The lowest BCUT2D eigenvalue weighted by Crippen LogP contribution is -2.55. The lowest BCUT2D eigenvalue weighted by Gasteiger charge is -2.28. The third-order valence-corrected chi connectivity index (χ3v) is 2.38. The third kappa shape index (κ3) is 2.45. The molecule has 1 atom stereocenters. The van der Waals surface area contributed by atoms with Crippen molar-refractivity contribution in [1.29, 1.82) is 0 Å². The summed E-state index contributed by atoms with van der Waals surface area (Å²) >= 11 is 0. The Labute approximate surface area is 82.9 Å². The third-order valence-electron chi connectivity index (χ3n) is 2.38. The molecular formula is C9H16N2O3. The maximum absolute atomic E-state index is 11.4. The minimum Gasteiger partial charge on any atom is -0.480 e. The number of aliphatic carboxylic acids is 1. The molecule has 1 aliphatic rings. The van der Waals surface area contributed by atoms with Gasteiger partial charge in [-0.2, -0.15) is 0 Å². The Kier molecular flexibility index (Phi) is 3.46. The van der Waals surface area contributed by atoms with Gasteiger partial charge in [-0.15, -0.1) is 0 Å². The highest BCUT2D eigenvalue weighted by Gasteiger charge is 2.30. The van der Waals surface area contributed by atoms with E-state index < -0.39 is 12.0 Å². The van der Waals surface area contributed by atoms with E-state index >= 15 is 0 Å². The van der Waals surface area contributed by atoms with Crippen LogP contribution in [0.5, 0.6) is 0 Å². The van der Waals surface area contributed by atoms with Gasteiger partial charge in [0.15, 0.2) is 0 Å². The number of hydrogen-bond acceptors (Lipinski definition) is 3. The fourth-order valence-electron chi connectivity index (χ4n) is 1.26. The van der Waals surface area contributed by atoms with Crippen LogP contribution in [-0.4, -0.2) is 36.1 Å². The van der Waals surface area contributed by atoms with E-state index in [1.807, 2.05) is 0 Å². The summed E-state index contributed by atoms with van der Waals surface area (Å²) in [4.78, 5) is 22.2. The molecule has 1 rings (SSSR count). The van der Waals surface area contributed by atoms with Gasteiger partial charge in [0, 0.05) is 13.1 Å². The number of hydrogen-bond donors (Lipinski definition) is 3. The number of carboxylic acid groups (broad SMARTS) is 1. The van der Waals surface area contributed by atoms with Crippen LogP contribution in [0.4, 0.5) is 0 Å². The first-order chi connectivity index (χ1) is 6.52. The van der Waals surface area contributed by atoms with Crippen LogP contribution in [-0.2, 0) is 9.59 Å². The van der Waals surface area contributed by atoms with Gasteiger partial charge < -0.3 is 15.7 Å². The van der Waals surface area contributed by atoms with E-state index in [0.29, 0.717) is 13.1 Å². The molecule has 0 spiro atoms. The zero-order valence-electron chi connectivity index (χ0n) is 8.41. The SMILES string of the molecule is CC(C)[C@@H](NC(=O)C1CNC1)C(=O)O. The van der Waals surface area contributed by atoms with Gasteiger partial charge in [-0.05, 0) is 5.92 Å². The van der Waals surface area contributed by atoms with Gasteiger partial charge in [0.25, 0.3) is 0 Å². The van der Waals surface area contributed by atoms with Crippen molar-refractivity contribution in [2.24, 2.45) is 11.8 Å². The summed E-state index contributed by atoms with van der Waals surface area (Å²) in [6.07, 6.45) is 0. The van der Waals surface area contributed by atoms with Crippen LogP contribution in [0.3, 0.4) is 0 Å². The average Bonchev–Trinajstić information content (AvgIpc) is 1.95. The minimum atomic E-state index is -0.972. The summed E-state index contributed by atoms with van der Waals surface area (Å²) in [5.41, 5.74) is 0. The second-order valence-electron chi connectivity index (χ2n) is 3.92. The molecule has 3 N–H and O–H groups in total.